The molecule has 0 spiro atoms. The van der Waals surface area contributed by atoms with Crippen LogP contribution in [0.5, 0.6) is 0 Å². The molecule has 1 fully saturated rings. The van der Waals surface area contributed by atoms with Gasteiger partial charge in [0.05, 0.1) is 22.9 Å². The predicted octanol–water partition coefficient (Wildman–Crippen LogP) is 4.81. The molecule has 0 radical (unpaired) electrons. The van der Waals surface area contributed by atoms with Crippen molar-refractivity contribution in [3.05, 3.63) is 22.7 Å². The quantitative estimate of drug-likeness (QED) is 0.580. The molecule has 0 aromatic carbocycles. The van der Waals surface area contributed by atoms with Gasteiger partial charge in [-0.25, -0.2) is 9.97 Å². The number of hydrogen-bond acceptors (Lipinski definition) is 6. The van der Waals surface area contributed by atoms with Gasteiger partial charge in [-0.05, 0) is 26.2 Å². The highest BCUT2D eigenvalue weighted by molar-refractivity contribution is 7.25. The van der Waals surface area contributed by atoms with Gasteiger partial charge in [0, 0.05) is 39.3 Å². The number of rotatable bonds is 6. The molecular formula is C22H31N5OS. The molecule has 3 aromatic heterocycles. The second-order valence-corrected chi connectivity index (χ2v) is 9.18. The maximum absolute atomic E-state index is 13.3. The molecule has 0 aliphatic heterocycles. The summed E-state index contributed by atoms with van der Waals surface area (Å²) in [4.78, 5) is 28.4. The lowest BCUT2D eigenvalue weighted by atomic mass is 9.95. The summed E-state index contributed by atoms with van der Waals surface area (Å²) in [6.45, 7) is 6.23. The van der Waals surface area contributed by atoms with E-state index in [1.807, 2.05) is 18.7 Å². The Kier molecular flexibility index (Phi) is 5.76. The third-order valence-electron chi connectivity index (χ3n) is 5.99. The average Bonchev–Trinajstić information content (AvgIpc) is 3.11. The van der Waals surface area contributed by atoms with Gasteiger partial charge in [-0.15, -0.1) is 11.3 Å². The molecule has 0 unspecified atom stereocenters. The summed E-state index contributed by atoms with van der Waals surface area (Å²) in [6.07, 6.45) is 8.66. The largest absolute Gasteiger partial charge is 0.377 e. The number of pyridine rings is 1. The van der Waals surface area contributed by atoms with E-state index in [4.69, 9.17) is 9.97 Å². The summed E-state index contributed by atoms with van der Waals surface area (Å²) in [5, 5.41) is 0.999. The molecule has 6 nitrogen and oxygen atoms in total. The van der Waals surface area contributed by atoms with Gasteiger partial charge in [0.25, 0.3) is 5.56 Å². The first-order valence-corrected chi connectivity index (χ1v) is 11.6. The third-order valence-corrected chi connectivity index (χ3v) is 7.05. The number of hydrogen-bond donors (Lipinski definition) is 0. The molecular weight excluding hydrogens is 382 g/mol. The first kappa shape index (κ1) is 20.1. The van der Waals surface area contributed by atoms with Crippen molar-refractivity contribution in [2.75, 3.05) is 37.0 Å². The fourth-order valence-corrected chi connectivity index (χ4v) is 5.53. The van der Waals surface area contributed by atoms with E-state index in [1.165, 1.54) is 30.6 Å². The Hall–Kier alpha value is -2.15. The fraction of sp³-hybridized carbons (Fsp3) is 0.591. The van der Waals surface area contributed by atoms with Crippen molar-refractivity contribution >= 4 is 43.3 Å². The first-order valence-electron chi connectivity index (χ1n) is 10.8. The van der Waals surface area contributed by atoms with E-state index in [1.54, 1.807) is 6.33 Å². The van der Waals surface area contributed by atoms with Gasteiger partial charge in [0.15, 0.2) is 0 Å². The molecule has 0 saturated heterocycles. The summed E-state index contributed by atoms with van der Waals surface area (Å²) >= 11 is 1.50. The van der Waals surface area contributed by atoms with Crippen molar-refractivity contribution in [1.29, 1.82) is 0 Å². The van der Waals surface area contributed by atoms with Crippen LogP contribution in [-0.2, 0) is 0 Å². The van der Waals surface area contributed by atoms with Crippen LogP contribution in [0.1, 0.15) is 58.4 Å². The zero-order valence-corrected chi connectivity index (χ0v) is 18.8. The molecule has 4 rings (SSSR count). The van der Waals surface area contributed by atoms with Crippen molar-refractivity contribution in [1.82, 2.24) is 14.5 Å². The molecule has 1 saturated carbocycles. The van der Waals surface area contributed by atoms with Gasteiger partial charge in [-0.1, -0.05) is 26.2 Å². The van der Waals surface area contributed by atoms with Crippen molar-refractivity contribution in [3.8, 4) is 0 Å². The predicted molar refractivity (Wildman–Crippen MR) is 124 cm³/mol. The van der Waals surface area contributed by atoms with E-state index in [0.717, 1.165) is 64.3 Å². The van der Waals surface area contributed by atoms with Gasteiger partial charge in [0.2, 0.25) is 0 Å². The number of aromatic nitrogens is 3. The number of thiophene rings is 1. The maximum Gasteiger partial charge on any atom is 0.271 e. The third kappa shape index (κ3) is 3.61. The minimum Gasteiger partial charge on any atom is -0.377 e. The monoisotopic (exact) mass is 413 g/mol. The van der Waals surface area contributed by atoms with Gasteiger partial charge in [-0.2, -0.15) is 0 Å². The van der Waals surface area contributed by atoms with E-state index in [0.29, 0.717) is 0 Å². The van der Waals surface area contributed by atoms with Crippen molar-refractivity contribution in [2.24, 2.45) is 0 Å². The van der Waals surface area contributed by atoms with E-state index in [2.05, 4.69) is 29.7 Å². The van der Waals surface area contributed by atoms with E-state index < -0.39 is 0 Å². The number of anilines is 2. The Morgan fingerprint density at radius 3 is 2.62 bits per heavy atom. The maximum atomic E-state index is 13.3. The lowest BCUT2D eigenvalue weighted by Gasteiger charge is -2.24. The summed E-state index contributed by atoms with van der Waals surface area (Å²) in [5.41, 5.74) is 1.97. The summed E-state index contributed by atoms with van der Waals surface area (Å²) < 4.78 is 2.61. The molecule has 0 bridgehead atoms. The van der Waals surface area contributed by atoms with E-state index in [9.17, 15) is 4.79 Å². The van der Waals surface area contributed by atoms with Crippen molar-refractivity contribution in [3.63, 3.8) is 0 Å². The Balaban J connectivity index is 1.92. The van der Waals surface area contributed by atoms with Crippen LogP contribution in [0.3, 0.4) is 0 Å². The van der Waals surface area contributed by atoms with E-state index in [-0.39, 0.29) is 11.6 Å². The van der Waals surface area contributed by atoms with Crippen LogP contribution in [0.15, 0.2) is 17.2 Å². The topological polar surface area (TPSA) is 54.3 Å². The van der Waals surface area contributed by atoms with Crippen molar-refractivity contribution < 1.29 is 0 Å². The van der Waals surface area contributed by atoms with Crippen LogP contribution in [-0.4, -0.2) is 41.7 Å². The summed E-state index contributed by atoms with van der Waals surface area (Å²) in [7, 11) is 4.09. The van der Waals surface area contributed by atoms with E-state index >= 15 is 0 Å². The molecule has 29 heavy (non-hydrogen) atoms. The Bertz CT molecular complexity index is 1060. The standard InChI is InChI=1S/C22H31N5OS/c1-5-12-26(6-2)17-13-16(25(3)4)18-19-20(29-21(18)24-17)22(28)27(14-23-19)15-10-8-7-9-11-15/h13-15H,5-12H2,1-4H3. The van der Waals surface area contributed by atoms with Gasteiger partial charge in [0.1, 0.15) is 15.3 Å². The Labute approximate surface area is 176 Å². The molecule has 3 heterocycles. The van der Waals surface area contributed by atoms with Gasteiger partial charge >= 0.3 is 0 Å². The Morgan fingerprint density at radius 1 is 1.21 bits per heavy atom. The lowest BCUT2D eigenvalue weighted by Crippen LogP contribution is -2.26. The SMILES string of the molecule is CCCN(CC)c1cc(N(C)C)c2c(n1)sc1c(=O)n(C3CCCCC3)cnc12. The number of fused-ring (bicyclic) bond motifs is 3. The molecule has 0 atom stereocenters. The lowest BCUT2D eigenvalue weighted by molar-refractivity contribution is 0.345. The molecule has 156 valence electrons. The second-order valence-electron chi connectivity index (χ2n) is 8.18. The highest BCUT2D eigenvalue weighted by atomic mass is 32.1. The first-order chi connectivity index (χ1) is 14.0. The summed E-state index contributed by atoms with van der Waals surface area (Å²) in [5.74, 6) is 0.977. The van der Waals surface area contributed by atoms with Crippen LogP contribution in [0.25, 0.3) is 20.4 Å². The minimum atomic E-state index is 0.0945. The normalized spacial score (nSPS) is 15.3. The van der Waals surface area contributed by atoms with Crippen LogP contribution in [0, 0.1) is 0 Å². The average molecular weight is 414 g/mol. The van der Waals surface area contributed by atoms with Crippen LogP contribution in [0.2, 0.25) is 0 Å². The molecule has 1 aliphatic carbocycles. The Morgan fingerprint density at radius 2 is 1.97 bits per heavy atom. The number of nitrogens with zero attached hydrogens (tertiary/aromatic N) is 5. The molecule has 1 aliphatic rings. The van der Waals surface area contributed by atoms with Crippen molar-refractivity contribution in [2.45, 2.75) is 58.4 Å². The highest BCUT2D eigenvalue weighted by Gasteiger charge is 2.22. The van der Waals surface area contributed by atoms with Crippen LogP contribution in [0.4, 0.5) is 11.5 Å². The zero-order chi connectivity index (χ0) is 20.5. The smallest absolute Gasteiger partial charge is 0.271 e. The van der Waals surface area contributed by atoms with Crippen LogP contribution < -0.4 is 15.4 Å². The molecule has 0 amide bonds. The molecule has 0 N–H and O–H groups in total. The highest BCUT2D eigenvalue weighted by Crippen LogP contribution is 2.38. The van der Waals surface area contributed by atoms with Gasteiger partial charge < -0.3 is 9.80 Å². The molecule has 3 aromatic rings. The fourth-order valence-electron chi connectivity index (χ4n) is 4.45. The van der Waals surface area contributed by atoms with Crippen LogP contribution >= 0.6 is 11.3 Å². The zero-order valence-electron chi connectivity index (χ0n) is 17.9. The second kappa shape index (κ2) is 8.30. The summed E-state index contributed by atoms with van der Waals surface area (Å²) in [6, 6.07) is 2.43. The van der Waals surface area contributed by atoms with Gasteiger partial charge in [-0.3, -0.25) is 9.36 Å². The molecule has 7 heteroatoms. The minimum absolute atomic E-state index is 0.0945.